The lowest BCUT2D eigenvalue weighted by Crippen LogP contribution is -2.41. The fraction of sp³-hybridized carbons (Fsp3) is 0.800. The molecule has 2 amide bonds. The quantitative estimate of drug-likeness (QED) is 0.540. The van der Waals surface area contributed by atoms with E-state index in [1.807, 2.05) is 6.92 Å². The Morgan fingerprint density at radius 3 is 2.69 bits per heavy atom. The molecular formula is C10H19N3O3. The first-order chi connectivity index (χ1) is 7.63. The zero-order chi connectivity index (χ0) is 12.0. The van der Waals surface area contributed by atoms with Gasteiger partial charge in [0.2, 0.25) is 11.8 Å². The molecule has 1 heterocycles. The van der Waals surface area contributed by atoms with Crippen molar-refractivity contribution in [1.29, 1.82) is 0 Å². The first-order valence-electron chi connectivity index (χ1n) is 5.48. The van der Waals surface area contributed by atoms with Crippen LogP contribution in [0.1, 0.15) is 13.3 Å². The van der Waals surface area contributed by atoms with Crippen molar-refractivity contribution in [2.45, 2.75) is 19.4 Å². The molecule has 0 spiro atoms. The van der Waals surface area contributed by atoms with Crippen molar-refractivity contribution < 1.29 is 14.3 Å². The van der Waals surface area contributed by atoms with Gasteiger partial charge in [0.1, 0.15) is 0 Å². The maximum Gasteiger partial charge on any atom is 0.239 e. The third-order valence-corrected chi connectivity index (χ3v) is 2.73. The molecular weight excluding hydrogens is 210 g/mol. The van der Waals surface area contributed by atoms with E-state index in [-0.39, 0.29) is 31.0 Å². The van der Waals surface area contributed by atoms with Gasteiger partial charge in [-0.05, 0) is 13.3 Å². The average Bonchev–Trinajstić information content (AvgIpc) is 2.69. The van der Waals surface area contributed by atoms with Gasteiger partial charge in [-0.2, -0.15) is 0 Å². The van der Waals surface area contributed by atoms with E-state index in [9.17, 15) is 9.59 Å². The smallest absolute Gasteiger partial charge is 0.239 e. The lowest BCUT2D eigenvalue weighted by molar-refractivity contribution is -0.125. The highest BCUT2D eigenvalue weighted by Gasteiger charge is 2.24. The van der Waals surface area contributed by atoms with Crippen LogP contribution in [0.3, 0.4) is 0 Å². The highest BCUT2D eigenvalue weighted by molar-refractivity contribution is 5.85. The number of hydrogen-bond acceptors (Lipinski definition) is 4. The summed E-state index contributed by atoms with van der Waals surface area (Å²) in [6.45, 7) is 3.24. The van der Waals surface area contributed by atoms with Crippen molar-refractivity contribution in [3.63, 3.8) is 0 Å². The fourth-order valence-electron chi connectivity index (χ4n) is 1.60. The Bertz CT molecular complexity index is 258. The Morgan fingerprint density at radius 2 is 2.12 bits per heavy atom. The molecule has 0 saturated carbocycles. The van der Waals surface area contributed by atoms with Crippen LogP contribution in [0, 0.1) is 5.92 Å². The molecule has 0 aromatic carbocycles. The second-order valence-corrected chi connectivity index (χ2v) is 3.91. The minimum atomic E-state index is -0.326. The third-order valence-electron chi connectivity index (χ3n) is 2.73. The van der Waals surface area contributed by atoms with Gasteiger partial charge >= 0.3 is 0 Å². The predicted octanol–water partition coefficient (Wildman–Crippen LogP) is -1.40. The van der Waals surface area contributed by atoms with Gasteiger partial charge in [0.05, 0.1) is 19.2 Å². The van der Waals surface area contributed by atoms with Crippen LogP contribution in [0.25, 0.3) is 0 Å². The second kappa shape index (κ2) is 6.44. The van der Waals surface area contributed by atoms with Crippen LogP contribution in [-0.4, -0.2) is 44.2 Å². The Morgan fingerprint density at radius 1 is 1.38 bits per heavy atom. The number of carbonyl (C=O) groups is 2. The van der Waals surface area contributed by atoms with Crippen LogP contribution in [-0.2, 0) is 14.3 Å². The van der Waals surface area contributed by atoms with Crippen LogP contribution in [0.15, 0.2) is 0 Å². The summed E-state index contributed by atoms with van der Waals surface area (Å²) in [5.74, 6) is -0.150. The van der Waals surface area contributed by atoms with Crippen molar-refractivity contribution in [3.8, 4) is 0 Å². The normalized spacial score (nSPS) is 24.1. The molecule has 1 aliphatic rings. The molecule has 6 heteroatoms. The molecule has 0 aromatic heterocycles. The second-order valence-electron chi connectivity index (χ2n) is 3.91. The van der Waals surface area contributed by atoms with Crippen molar-refractivity contribution in [2.24, 2.45) is 11.7 Å². The summed E-state index contributed by atoms with van der Waals surface area (Å²) in [7, 11) is 0. The van der Waals surface area contributed by atoms with Gasteiger partial charge in [0, 0.05) is 19.1 Å². The minimum absolute atomic E-state index is 0.0159. The molecule has 92 valence electrons. The zero-order valence-electron chi connectivity index (χ0n) is 9.49. The third kappa shape index (κ3) is 4.16. The van der Waals surface area contributed by atoms with Crippen LogP contribution < -0.4 is 16.4 Å². The van der Waals surface area contributed by atoms with Crippen molar-refractivity contribution >= 4 is 11.8 Å². The summed E-state index contributed by atoms with van der Waals surface area (Å²) in [5.41, 5.74) is 5.09. The summed E-state index contributed by atoms with van der Waals surface area (Å²) in [4.78, 5) is 22.1. The van der Waals surface area contributed by atoms with Crippen molar-refractivity contribution in [3.05, 3.63) is 0 Å². The van der Waals surface area contributed by atoms with Gasteiger partial charge in [0.25, 0.3) is 0 Å². The summed E-state index contributed by atoms with van der Waals surface area (Å²) in [5, 5.41) is 5.17. The standard InChI is InChI=1S/C10H19N3O3/c1-7-8(2-3-16-7)5-12-10(15)6-13-9(14)4-11/h7-8H,2-6,11H2,1H3,(H,12,15)(H,13,14). The van der Waals surface area contributed by atoms with Gasteiger partial charge < -0.3 is 21.1 Å². The highest BCUT2D eigenvalue weighted by Crippen LogP contribution is 2.18. The summed E-state index contributed by atoms with van der Waals surface area (Å²) >= 11 is 0. The Labute approximate surface area is 94.9 Å². The molecule has 0 radical (unpaired) electrons. The maximum absolute atomic E-state index is 11.3. The first-order valence-corrected chi connectivity index (χ1v) is 5.48. The molecule has 0 aliphatic carbocycles. The Balaban J connectivity index is 2.12. The van der Waals surface area contributed by atoms with E-state index in [1.165, 1.54) is 0 Å². The van der Waals surface area contributed by atoms with E-state index in [1.54, 1.807) is 0 Å². The van der Waals surface area contributed by atoms with Gasteiger partial charge in [-0.15, -0.1) is 0 Å². The van der Waals surface area contributed by atoms with E-state index in [4.69, 9.17) is 10.5 Å². The number of amides is 2. The van der Waals surface area contributed by atoms with E-state index in [2.05, 4.69) is 10.6 Å². The monoisotopic (exact) mass is 229 g/mol. The Kier molecular flexibility index (Phi) is 5.21. The molecule has 6 nitrogen and oxygen atoms in total. The molecule has 2 unspecified atom stereocenters. The summed E-state index contributed by atoms with van der Waals surface area (Å²) in [6.07, 6.45) is 1.16. The number of ether oxygens (including phenoxy) is 1. The molecule has 1 rings (SSSR count). The number of hydrogen-bond donors (Lipinski definition) is 3. The van der Waals surface area contributed by atoms with Gasteiger partial charge in [-0.1, -0.05) is 0 Å². The number of carbonyl (C=O) groups excluding carboxylic acids is 2. The van der Waals surface area contributed by atoms with Crippen LogP contribution in [0.5, 0.6) is 0 Å². The highest BCUT2D eigenvalue weighted by atomic mass is 16.5. The summed E-state index contributed by atoms with van der Waals surface area (Å²) < 4.78 is 5.38. The van der Waals surface area contributed by atoms with E-state index in [0.717, 1.165) is 13.0 Å². The van der Waals surface area contributed by atoms with Gasteiger partial charge in [-0.25, -0.2) is 0 Å². The maximum atomic E-state index is 11.3. The van der Waals surface area contributed by atoms with Crippen molar-refractivity contribution in [2.75, 3.05) is 26.2 Å². The number of rotatable bonds is 5. The zero-order valence-corrected chi connectivity index (χ0v) is 9.49. The van der Waals surface area contributed by atoms with Crippen molar-refractivity contribution in [1.82, 2.24) is 10.6 Å². The average molecular weight is 229 g/mol. The van der Waals surface area contributed by atoms with Gasteiger partial charge in [-0.3, -0.25) is 9.59 Å². The first kappa shape index (κ1) is 12.9. The number of nitrogens with two attached hydrogens (primary N) is 1. The van der Waals surface area contributed by atoms with Gasteiger partial charge in [0.15, 0.2) is 0 Å². The topological polar surface area (TPSA) is 93.5 Å². The molecule has 0 bridgehead atoms. The molecule has 16 heavy (non-hydrogen) atoms. The summed E-state index contributed by atoms with van der Waals surface area (Å²) in [6, 6.07) is 0. The lowest BCUT2D eigenvalue weighted by atomic mass is 10.0. The van der Waals surface area contributed by atoms with E-state index < -0.39 is 0 Å². The Hall–Kier alpha value is -1.14. The fourth-order valence-corrected chi connectivity index (χ4v) is 1.60. The van der Waals surface area contributed by atoms with E-state index in [0.29, 0.717) is 12.5 Å². The molecule has 2 atom stereocenters. The molecule has 1 saturated heterocycles. The number of nitrogens with one attached hydrogen (secondary N) is 2. The SMILES string of the molecule is CC1OCCC1CNC(=O)CNC(=O)CN. The van der Waals surface area contributed by atoms with Crippen LogP contribution in [0.4, 0.5) is 0 Å². The molecule has 4 N–H and O–H groups in total. The largest absolute Gasteiger partial charge is 0.378 e. The van der Waals surface area contributed by atoms with Crippen LogP contribution >= 0.6 is 0 Å². The lowest BCUT2D eigenvalue weighted by Gasteiger charge is -2.14. The minimum Gasteiger partial charge on any atom is -0.378 e. The molecule has 1 aliphatic heterocycles. The predicted molar refractivity (Wildman–Crippen MR) is 58.6 cm³/mol. The molecule has 1 fully saturated rings. The van der Waals surface area contributed by atoms with E-state index >= 15 is 0 Å². The van der Waals surface area contributed by atoms with Crippen LogP contribution in [0.2, 0.25) is 0 Å². The molecule has 0 aromatic rings.